The lowest BCUT2D eigenvalue weighted by molar-refractivity contribution is -0.109. The van der Waals surface area contributed by atoms with Crippen LogP contribution in [-0.2, 0) is 4.79 Å². The summed E-state index contributed by atoms with van der Waals surface area (Å²) in [6, 6.07) is 2.03. The van der Waals surface area contributed by atoms with E-state index in [0.29, 0.717) is 0 Å². The number of pyridine rings is 1. The number of halogens is 1. The third-order valence-corrected chi connectivity index (χ3v) is 3.52. The first-order valence-electron chi connectivity index (χ1n) is 5.56. The van der Waals surface area contributed by atoms with E-state index in [9.17, 15) is 4.79 Å². The Morgan fingerprint density at radius 2 is 2.38 bits per heavy atom. The zero-order valence-electron chi connectivity index (χ0n) is 9.32. The Bertz CT molecular complexity index is 395. The Hall–Kier alpha value is -0.900. The van der Waals surface area contributed by atoms with E-state index < -0.39 is 0 Å². The maximum Gasteiger partial charge on any atom is 0.143 e. The fourth-order valence-corrected chi connectivity index (χ4v) is 2.79. The van der Waals surface area contributed by atoms with Crippen LogP contribution in [0, 0.1) is 6.92 Å². The number of piperidine rings is 1. The maximum atomic E-state index is 11.0. The summed E-state index contributed by atoms with van der Waals surface area (Å²) >= 11 is 3.52. The first-order chi connectivity index (χ1) is 7.72. The standard InChI is InChI=1S/C12H15BrN2O/c1-9-6-11(13)12(14-7-9)15-5-3-2-4-10(15)8-16/h6-8,10H,2-5H2,1H3. The second-order valence-electron chi connectivity index (χ2n) is 4.21. The molecule has 0 spiro atoms. The lowest BCUT2D eigenvalue weighted by atomic mass is 10.0. The second kappa shape index (κ2) is 4.95. The van der Waals surface area contributed by atoms with Crippen molar-refractivity contribution in [3.8, 4) is 0 Å². The van der Waals surface area contributed by atoms with Crippen molar-refractivity contribution in [2.75, 3.05) is 11.4 Å². The Balaban J connectivity index is 2.30. The van der Waals surface area contributed by atoms with Crippen LogP contribution in [0.2, 0.25) is 0 Å². The molecule has 1 unspecified atom stereocenters. The molecule has 0 saturated carbocycles. The van der Waals surface area contributed by atoms with E-state index in [4.69, 9.17) is 0 Å². The SMILES string of the molecule is Cc1cnc(N2CCCCC2C=O)c(Br)c1. The minimum absolute atomic E-state index is 0.0137. The van der Waals surface area contributed by atoms with Gasteiger partial charge < -0.3 is 9.69 Å². The minimum Gasteiger partial charge on any atom is -0.346 e. The number of aldehydes is 1. The number of carbonyl (C=O) groups is 1. The van der Waals surface area contributed by atoms with Gasteiger partial charge in [-0.1, -0.05) is 0 Å². The van der Waals surface area contributed by atoms with Crippen LogP contribution in [0.3, 0.4) is 0 Å². The van der Waals surface area contributed by atoms with Crippen molar-refractivity contribution in [1.82, 2.24) is 4.98 Å². The third kappa shape index (κ3) is 2.26. The fourth-order valence-electron chi connectivity index (χ4n) is 2.10. The Labute approximate surface area is 104 Å². The fraction of sp³-hybridized carbons (Fsp3) is 0.500. The lowest BCUT2D eigenvalue weighted by Gasteiger charge is -2.33. The number of hydrogen-bond donors (Lipinski definition) is 0. The number of aryl methyl sites for hydroxylation is 1. The Morgan fingerprint density at radius 1 is 1.56 bits per heavy atom. The predicted molar refractivity (Wildman–Crippen MR) is 67.7 cm³/mol. The van der Waals surface area contributed by atoms with Gasteiger partial charge in [-0.2, -0.15) is 0 Å². The summed E-state index contributed by atoms with van der Waals surface area (Å²) < 4.78 is 0.973. The molecule has 1 aliphatic rings. The highest BCUT2D eigenvalue weighted by molar-refractivity contribution is 9.10. The largest absolute Gasteiger partial charge is 0.346 e. The summed E-state index contributed by atoms with van der Waals surface area (Å²) in [6.07, 6.45) is 6.07. The van der Waals surface area contributed by atoms with Gasteiger partial charge in [0.15, 0.2) is 0 Å². The molecule has 86 valence electrons. The monoisotopic (exact) mass is 282 g/mol. The van der Waals surface area contributed by atoms with Crippen LogP contribution in [-0.4, -0.2) is 23.9 Å². The van der Waals surface area contributed by atoms with Crippen molar-refractivity contribution in [2.24, 2.45) is 0 Å². The highest BCUT2D eigenvalue weighted by atomic mass is 79.9. The lowest BCUT2D eigenvalue weighted by Crippen LogP contribution is -2.41. The molecule has 3 nitrogen and oxygen atoms in total. The number of anilines is 1. The normalized spacial score (nSPS) is 20.9. The van der Waals surface area contributed by atoms with Crippen LogP contribution >= 0.6 is 15.9 Å². The molecule has 0 aromatic carbocycles. The van der Waals surface area contributed by atoms with Gasteiger partial charge in [0.05, 0.1) is 10.5 Å². The average molecular weight is 283 g/mol. The van der Waals surface area contributed by atoms with Gasteiger partial charge in [0.1, 0.15) is 12.1 Å². The summed E-state index contributed by atoms with van der Waals surface area (Å²) in [4.78, 5) is 17.6. The quantitative estimate of drug-likeness (QED) is 0.782. The number of nitrogens with zero attached hydrogens (tertiary/aromatic N) is 2. The van der Waals surface area contributed by atoms with Crippen LogP contribution in [0.15, 0.2) is 16.7 Å². The summed E-state index contributed by atoms with van der Waals surface area (Å²) in [7, 11) is 0. The maximum absolute atomic E-state index is 11.0. The first kappa shape index (κ1) is 11.6. The summed E-state index contributed by atoms with van der Waals surface area (Å²) in [6.45, 7) is 2.92. The topological polar surface area (TPSA) is 33.2 Å². The third-order valence-electron chi connectivity index (χ3n) is 2.94. The highest BCUT2D eigenvalue weighted by Gasteiger charge is 2.24. The Kier molecular flexibility index (Phi) is 3.59. The number of rotatable bonds is 2. The molecule has 0 amide bonds. The number of aromatic nitrogens is 1. The summed E-state index contributed by atoms with van der Waals surface area (Å²) in [5, 5.41) is 0. The molecule has 0 aliphatic carbocycles. The molecule has 1 fully saturated rings. The molecule has 2 rings (SSSR count). The van der Waals surface area contributed by atoms with Crippen LogP contribution in [0.4, 0.5) is 5.82 Å². The molecule has 0 N–H and O–H groups in total. The molecule has 1 saturated heterocycles. The average Bonchev–Trinajstić information content (AvgIpc) is 2.29. The summed E-state index contributed by atoms with van der Waals surface area (Å²) in [5.41, 5.74) is 1.12. The zero-order chi connectivity index (χ0) is 11.5. The molecule has 2 heterocycles. The molecule has 1 aromatic heterocycles. The molecule has 1 atom stereocenters. The molecule has 0 radical (unpaired) electrons. The number of carbonyl (C=O) groups excluding carboxylic acids is 1. The summed E-state index contributed by atoms with van der Waals surface area (Å²) in [5.74, 6) is 0.891. The van der Waals surface area contributed by atoms with Crippen molar-refractivity contribution in [3.63, 3.8) is 0 Å². The van der Waals surface area contributed by atoms with Crippen molar-refractivity contribution in [1.29, 1.82) is 0 Å². The van der Waals surface area contributed by atoms with Gasteiger partial charge in [-0.3, -0.25) is 0 Å². The molecule has 1 aromatic rings. The zero-order valence-corrected chi connectivity index (χ0v) is 10.9. The molecule has 16 heavy (non-hydrogen) atoms. The highest BCUT2D eigenvalue weighted by Crippen LogP contribution is 2.29. The van der Waals surface area contributed by atoms with Gasteiger partial charge in [0, 0.05) is 12.7 Å². The van der Waals surface area contributed by atoms with Crippen LogP contribution in [0.1, 0.15) is 24.8 Å². The van der Waals surface area contributed by atoms with Gasteiger partial charge in [-0.25, -0.2) is 4.98 Å². The van der Waals surface area contributed by atoms with E-state index in [1.54, 1.807) is 0 Å². The molecule has 0 bridgehead atoms. The number of hydrogen-bond acceptors (Lipinski definition) is 3. The Morgan fingerprint density at radius 3 is 3.06 bits per heavy atom. The van der Waals surface area contributed by atoms with E-state index in [1.165, 1.54) is 0 Å². The van der Waals surface area contributed by atoms with Crippen LogP contribution in [0.25, 0.3) is 0 Å². The van der Waals surface area contributed by atoms with E-state index >= 15 is 0 Å². The van der Waals surface area contributed by atoms with Gasteiger partial charge in [-0.05, 0) is 53.7 Å². The first-order valence-corrected chi connectivity index (χ1v) is 6.36. The minimum atomic E-state index is -0.0137. The van der Waals surface area contributed by atoms with Gasteiger partial charge >= 0.3 is 0 Å². The molecule has 1 aliphatic heterocycles. The predicted octanol–water partition coefficient (Wildman–Crippen LogP) is 2.71. The smallest absolute Gasteiger partial charge is 0.143 e. The molecular formula is C12H15BrN2O. The molecule has 4 heteroatoms. The van der Waals surface area contributed by atoms with Gasteiger partial charge in [0.25, 0.3) is 0 Å². The van der Waals surface area contributed by atoms with Gasteiger partial charge in [-0.15, -0.1) is 0 Å². The van der Waals surface area contributed by atoms with Crippen molar-refractivity contribution in [2.45, 2.75) is 32.2 Å². The second-order valence-corrected chi connectivity index (χ2v) is 5.07. The molecular weight excluding hydrogens is 268 g/mol. The van der Waals surface area contributed by atoms with E-state index in [1.807, 2.05) is 19.2 Å². The van der Waals surface area contributed by atoms with Crippen molar-refractivity contribution in [3.05, 3.63) is 22.3 Å². The van der Waals surface area contributed by atoms with Crippen LogP contribution < -0.4 is 4.90 Å². The van der Waals surface area contributed by atoms with E-state index in [2.05, 4.69) is 25.8 Å². The van der Waals surface area contributed by atoms with Crippen molar-refractivity contribution >= 4 is 28.0 Å². The van der Waals surface area contributed by atoms with Crippen molar-refractivity contribution < 1.29 is 4.79 Å². The van der Waals surface area contributed by atoms with E-state index in [0.717, 1.165) is 47.9 Å². The van der Waals surface area contributed by atoms with Crippen LogP contribution in [0.5, 0.6) is 0 Å². The van der Waals surface area contributed by atoms with E-state index in [-0.39, 0.29) is 6.04 Å². The van der Waals surface area contributed by atoms with Gasteiger partial charge in [0.2, 0.25) is 0 Å².